The number of furan rings is 1. The van der Waals surface area contributed by atoms with Gasteiger partial charge in [-0.25, -0.2) is 0 Å². The average molecular weight is 305 g/mol. The number of rotatable bonds is 5. The van der Waals surface area contributed by atoms with Crippen LogP contribution in [0.25, 0.3) is 0 Å². The highest BCUT2D eigenvalue weighted by Crippen LogP contribution is 2.33. The predicted octanol–water partition coefficient (Wildman–Crippen LogP) is 3.81. The lowest BCUT2D eigenvalue weighted by Crippen LogP contribution is -2.32. The zero-order valence-corrected chi connectivity index (χ0v) is 13.2. The Balaban J connectivity index is 1.68. The third-order valence-electron chi connectivity index (χ3n) is 4.24. The Hall–Kier alpha value is -1.29. The predicted molar refractivity (Wildman–Crippen MR) is 85.7 cm³/mol. The molecule has 0 spiro atoms. The fraction of sp³-hybridized carbons (Fsp3) is 0.412. The van der Waals surface area contributed by atoms with E-state index >= 15 is 0 Å². The van der Waals surface area contributed by atoms with Crippen molar-refractivity contribution in [1.82, 2.24) is 10.2 Å². The highest BCUT2D eigenvalue weighted by molar-refractivity contribution is 6.30. The molecule has 0 saturated heterocycles. The first-order chi connectivity index (χ1) is 10.1. The quantitative estimate of drug-likeness (QED) is 0.910. The Morgan fingerprint density at radius 3 is 2.95 bits per heavy atom. The van der Waals surface area contributed by atoms with Crippen molar-refractivity contribution in [2.75, 3.05) is 20.6 Å². The molecule has 1 aromatic carbocycles. The summed E-state index contributed by atoms with van der Waals surface area (Å²) in [6.45, 7) is 0.868. The lowest BCUT2D eigenvalue weighted by molar-refractivity contribution is 0.243. The van der Waals surface area contributed by atoms with Crippen molar-refractivity contribution in [1.29, 1.82) is 0 Å². The number of nitrogens with zero attached hydrogens (tertiary/aromatic N) is 1. The topological polar surface area (TPSA) is 28.4 Å². The van der Waals surface area contributed by atoms with E-state index in [1.54, 1.807) is 6.26 Å². The van der Waals surface area contributed by atoms with Crippen LogP contribution in [0.2, 0.25) is 5.02 Å². The summed E-state index contributed by atoms with van der Waals surface area (Å²) in [5.74, 6) is 1.00. The second kappa shape index (κ2) is 6.22. The van der Waals surface area contributed by atoms with Crippen molar-refractivity contribution in [3.8, 4) is 0 Å². The molecule has 0 aliphatic heterocycles. The third-order valence-corrected chi connectivity index (χ3v) is 4.47. The molecule has 4 heteroatoms. The Morgan fingerprint density at radius 2 is 2.24 bits per heavy atom. The largest absolute Gasteiger partial charge is 0.468 e. The van der Waals surface area contributed by atoms with Gasteiger partial charge >= 0.3 is 0 Å². The minimum absolute atomic E-state index is 0.247. The van der Waals surface area contributed by atoms with E-state index in [0.29, 0.717) is 6.04 Å². The first-order valence-electron chi connectivity index (χ1n) is 7.36. The van der Waals surface area contributed by atoms with Crippen molar-refractivity contribution in [3.05, 3.63) is 58.5 Å². The fourth-order valence-corrected chi connectivity index (χ4v) is 3.27. The van der Waals surface area contributed by atoms with Crippen molar-refractivity contribution in [3.63, 3.8) is 0 Å². The molecule has 1 aliphatic rings. The van der Waals surface area contributed by atoms with E-state index in [1.165, 1.54) is 11.1 Å². The second-order valence-electron chi connectivity index (χ2n) is 5.84. The summed E-state index contributed by atoms with van der Waals surface area (Å²) >= 11 is 6.07. The van der Waals surface area contributed by atoms with E-state index in [-0.39, 0.29) is 6.04 Å². The highest BCUT2D eigenvalue weighted by atomic mass is 35.5. The monoisotopic (exact) mass is 304 g/mol. The summed E-state index contributed by atoms with van der Waals surface area (Å²) in [6.07, 6.45) is 3.97. The van der Waals surface area contributed by atoms with Crippen molar-refractivity contribution in [2.45, 2.75) is 24.9 Å². The number of hydrogen-bond donors (Lipinski definition) is 1. The van der Waals surface area contributed by atoms with Crippen LogP contribution in [-0.4, -0.2) is 25.5 Å². The molecule has 1 heterocycles. The van der Waals surface area contributed by atoms with Crippen LogP contribution >= 0.6 is 11.6 Å². The minimum Gasteiger partial charge on any atom is -0.468 e. The zero-order valence-electron chi connectivity index (χ0n) is 12.5. The summed E-state index contributed by atoms with van der Waals surface area (Å²) < 4.78 is 5.56. The zero-order chi connectivity index (χ0) is 14.8. The van der Waals surface area contributed by atoms with Crippen molar-refractivity contribution < 1.29 is 4.42 Å². The molecule has 0 fully saturated rings. The van der Waals surface area contributed by atoms with Gasteiger partial charge in [-0.2, -0.15) is 0 Å². The van der Waals surface area contributed by atoms with Gasteiger partial charge in [0.25, 0.3) is 0 Å². The van der Waals surface area contributed by atoms with Gasteiger partial charge < -0.3 is 9.73 Å². The van der Waals surface area contributed by atoms with Gasteiger partial charge in [0.15, 0.2) is 0 Å². The summed E-state index contributed by atoms with van der Waals surface area (Å²) in [5, 5.41) is 4.51. The molecule has 2 unspecified atom stereocenters. The van der Waals surface area contributed by atoms with Crippen molar-refractivity contribution in [2.24, 2.45) is 0 Å². The van der Waals surface area contributed by atoms with Crippen LogP contribution < -0.4 is 5.32 Å². The average Bonchev–Trinajstić information content (AvgIpc) is 3.08. The van der Waals surface area contributed by atoms with Crippen molar-refractivity contribution >= 4 is 11.6 Å². The minimum atomic E-state index is 0.247. The molecule has 1 aliphatic carbocycles. The standard InChI is InChI=1S/C17H21ClN2O/c1-20(2)16(17-4-3-9-21-17)11-19-15-8-5-12-10-13(18)6-7-14(12)15/h3-4,6-7,9-10,15-16,19H,5,8,11H2,1-2H3. The van der Waals surface area contributed by atoms with Crippen LogP contribution in [0, 0.1) is 0 Å². The molecule has 3 nitrogen and oxygen atoms in total. The maximum Gasteiger partial charge on any atom is 0.122 e. The Kier molecular flexibility index (Phi) is 4.34. The van der Waals surface area contributed by atoms with E-state index < -0.39 is 0 Å². The van der Waals surface area contributed by atoms with Gasteiger partial charge in [0.1, 0.15) is 5.76 Å². The highest BCUT2D eigenvalue weighted by Gasteiger charge is 2.24. The molecule has 0 amide bonds. The molecule has 1 aromatic heterocycles. The van der Waals surface area contributed by atoms with Gasteiger partial charge in [-0.3, -0.25) is 4.90 Å². The number of fused-ring (bicyclic) bond motifs is 1. The first kappa shape index (κ1) is 14.6. The molecule has 21 heavy (non-hydrogen) atoms. The number of nitrogens with one attached hydrogen (secondary N) is 1. The Bertz CT molecular complexity index is 595. The molecular formula is C17H21ClN2O. The summed E-state index contributed by atoms with van der Waals surface area (Å²) in [4.78, 5) is 2.18. The SMILES string of the molecule is CN(C)C(CNC1CCc2cc(Cl)ccc21)c1ccco1. The number of aryl methyl sites for hydroxylation is 1. The van der Waals surface area contributed by atoms with Crippen LogP contribution in [0.1, 0.15) is 35.4 Å². The number of likely N-dealkylation sites (N-methyl/N-ethyl adjacent to an activating group) is 1. The molecule has 2 atom stereocenters. The van der Waals surface area contributed by atoms with E-state index in [9.17, 15) is 0 Å². The van der Waals surface area contributed by atoms with Gasteiger partial charge in [0.2, 0.25) is 0 Å². The number of halogens is 1. The van der Waals surface area contributed by atoms with E-state index in [2.05, 4.69) is 36.4 Å². The van der Waals surface area contributed by atoms with E-state index in [0.717, 1.165) is 30.2 Å². The van der Waals surface area contributed by atoms with E-state index in [4.69, 9.17) is 16.0 Å². The molecule has 0 saturated carbocycles. The summed E-state index contributed by atoms with van der Waals surface area (Å²) in [5.41, 5.74) is 2.76. The Labute approximate surface area is 130 Å². The smallest absolute Gasteiger partial charge is 0.122 e. The maximum absolute atomic E-state index is 6.07. The molecule has 1 N–H and O–H groups in total. The van der Waals surface area contributed by atoms with Gasteiger partial charge in [-0.1, -0.05) is 17.7 Å². The first-order valence-corrected chi connectivity index (χ1v) is 7.74. The van der Waals surface area contributed by atoms with Gasteiger partial charge in [0, 0.05) is 17.6 Å². The normalized spacial score (nSPS) is 19.0. The second-order valence-corrected chi connectivity index (χ2v) is 6.27. The summed E-state index contributed by atoms with van der Waals surface area (Å²) in [6, 6.07) is 10.9. The maximum atomic E-state index is 6.07. The molecular weight excluding hydrogens is 284 g/mol. The fourth-order valence-electron chi connectivity index (χ4n) is 3.07. The summed E-state index contributed by atoms with van der Waals surface area (Å²) in [7, 11) is 4.16. The van der Waals surface area contributed by atoms with Crippen LogP contribution in [0.4, 0.5) is 0 Å². The Morgan fingerprint density at radius 1 is 1.38 bits per heavy atom. The van der Waals surface area contributed by atoms with Crippen LogP contribution in [0.15, 0.2) is 41.0 Å². The van der Waals surface area contributed by atoms with Gasteiger partial charge in [-0.05, 0) is 62.3 Å². The third kappa shape index (κ3) is 3.15. The molecule has 112 valence electrons. The molecule has 2 aromatic rings. The number of hydrogen-bond acceptors (Lipinski definition) is 3. The van der Waals surface area contributed by atoms with E-state index in [1.807, 2.05) is 18.2 Å². The molecule has 3 rings (SSSR count). The number of benzene rings is 1. The van der Waals surface area contributed by atoms with Gasteiger partial charge in [-0.15, -0.1) is 0 Å². The lowest BCUT2D eigenvalue weighted by Gasteiger charge is -2.25. The van der Waals surface area contributed by atoms with Crippen LogP contribution in [-0.2, 0) is 6.42 Å². The van der Waals surface area contributed by atoms with Crippen LogP contribution in [0.3, 0.4) is 0 Å². The molecule has 0 bridgehead atoms. The lowest BCUT2D eigenvalue weighted by atomic mass is 10.1. The molecule has 0 radical (unpaired) electrons. The van der Waals surface area contributed by atoms with Crippen LogP contribution in [0.5, 0.6) is 0 Å². The van der Waals surface area contributed by atoms with Gasteiger partial charge in [0.05, 0.1) is 12.3 Å².